The lowest BCUT2D eigenvalue weighted by molar-refractivity contribution is 0.349. The van der Waals surface area contributed by atoms with E-state index >= 15 is 0 Å². The number of nitrogens with two attached hydrogens (primary N) is 1. The molecule has 3 N–H and O–H groups in total. The van der Waals surface area contributed by atoms with Crippen molar-refractivity contribution in [3.05, 3.63) is 24.0 Å². The summed E-state index contributed by atoms with van der Waals surface area (Å²) in [6, 6.07) is 5.10. The molecule has 1 aliphatic carbocycles. The zero-order valence-electron chi connectivity index (χ0n) is 9.67. The van der Waals surface area contributed by atoms with Crippen molar-refractivity contribution in [2.24, 2.45) is 5.92 Å². The number of nitrogens with one attached hydrogen (secondary N) is 1. The van der Waals surface area contributed by atoms with Crippen LogP contribution in [0, 0.1) is 11.7 Å². The van der Waals surface area contributed by atoms with Crippen molar-refractivity contribution in [3.8, 4) is 0 Å². The maximum absolute atomic E-state index is 13.2. The second kappa shape index (κ2) is 4.73. The van der Waals surface area contributed by atoms with E-state index in [-0.39, 0.29) is 5.82 Å². The van der Waals surface area contributed by atoms with Gasteiger partial charge in [0.1, 0.15) is 5.82 Å². The average Bonchev–Trinajstić information content (AvgIpc) is 2.20. The average molecular weight is 222 g/mol. The van der Waals surface area contributed by atoms with E-state index in [1.54, 1.807) is 6.07 Å². The Balaban J connectivity index is 2.07. The molecule has 2 atom stereocenters. The minimum absolute atomic E-state index is 0.272. The largest absolute Gasteiger partial charge is 0.399 e. The van der Waals surface area contributed by atoms with Crippen LogP contribution in [0.5, 0.6) is 0 Å². The van der Waals surface area contributed by atoms with Crippen molar-refractivity contribution in [1.29, 1.82) is 0 Å². The highest BCUT2D eigenvalue weighted by molar-refractivity contribution is 5.55. The number of anilines is 2. The molecule has 88 valence electrons. The Morgan fingerprint density at radius 3 is 2.69 bits per heavy atom. The first-order valence-electron chi connectivity index (χ1n) is 5.98. The maximum Gasteiger partial charge on any atom is 0.127 e. The SMILES string of the molecule is CC1CCCCC1Nc1cc(N)cc(F)c1. The number of hydrogen-bond acceptors (Lipinski definition) is 2. The molecule has 1 aromatic carbocycles. The van der Waals surface area contributed by atoms with Crippen molar-refractivity contribution < 1.29 is 4.39 Å². The molecule has 0 saturated heterocycles. The second-order valence-corrected chi connectivity index (χ2v) is 4.79. The molecule has 0 amide bonds. The third-order valence-electron chi connectivity index (χ3n) is 3.38. The van der Waals surface area contributed by atoms with Crippen molar-refractivity contribution in [2.45, 2.75) is 38.6 Å². The van der Waals surface area contributed by atoms with Gasteiger partial charge in [0, 0.05) is 17.4 Å². The summed E-state index contributed by atoms with van der Waals surface area (Å²) in [5, 5.41) is 3.39. The first kappa shape index (κ1) is 11.2. The fraction of sp³-hybridized carbons (Fsp3) is 0.538. The van der Waals surface area contributed by atoms with E-state index in [0.717, 1.165) is 12.1 Å². The van der Waals surface area contributed by atoms with Gasteiger partial charge in [0.25, 0.3) is 0 Å². The predicted octanol–water partition coefficient (Wildman–Crippen LogP) is 3.40. The molecular formula is C13H19FN2. The van der Waals surface area contributed by atoms with Crippen LogP contribution in [0.1, 0.15) is 32.6 Å². The van der Waals surface area contributed by atoms with E-state index in [2.05, 4.69) is 12.2 Å². The number of nitrogen functional groups attached to an aromatic ring is 1. The summed E-state index contributed by atoms with van der Waals surface area (Å²) < 4.78 is 13.2. The molecule has 0 bridgehead atoms. The van der Waals surface area contributed by atoms with Crippen molar-refractivity contribution in [1.82, 2.24) is 0 Å². The van der Waals surface area contributed by atoms with Crippen molar-refractivity contribution in [3.63, 3.8) is 0 Å². The number of benzene rings is 1. The minimum atomic E-state index is -0.272. The van der Waals surface area contributed by atoms with Crippen LogP contribution in [0.25, 0.3) is 0 Å². The summed E-state index contributed by atoms with van der Waals surface area (Å²) in [6.45, 7) is 2.25. The molecular weight excluding hydrogens is 203 g/mol. The van der Waals surface area contributed by atoms with E-state index < -0.39 is 0 Å². The van der Waals surface area contributed by atoms with Crippen LogP contribution in [0.4, 0.5) is 15.8 Å². The third kappa shape index (κ3) is 2.65. The Hall–Kier alpha value is -1.25. The molecule has 2 unspecified atom stereocenters. The smallest absolute Gasteiger partial charge is 0.127 e. The lowest BCUT2D eigenvalue weighted by Gasteiger charge is -2.30. The second-order valence-electron chi connectivity index (χ2n) is 4.79. The molecule has 2 nitrogen and oxygen atoms in total. The van der Waals surface area contributed by atoms with Gasteiger partial charge in [0.05, 0.1) is 0 Å². The monoisotopic (exact) mass is 222 g/mol. The molecule has 1 fully saturated rings. The van der Waals surface area contributed by atoms with Gasteiger partial charge in [-0.3, -0.25) is 0 Å². The van der Waals surface area contributed by atoms with Gasteiger partial charge in [-0.2, -0.15) is 0 Å². The van der Waals surface area contributed by atoms with E-state index in [4.69, 9.17) is 5.73 Å². The highest BCUT2D eigenvalue weighted by Gasteiger charge is 2.20. The molecule has 1 aliphatic rings. The van der Waals surface area contributed by atoms with Crippen molar-refractivity contribution in [2.75, 3.05) is 11.1 Å². The minimum Gasteiger partial charge on any atom is -0.399 e. The lowest BCUT2D eigenvalue weighted by Crippen LogP contribution is -2.30. The highest BCUT2D eigenvalue weighted by Crippen LogP contribution is 2.27. The van der Waals surface area contributed by atoms with Gasteiger partial charge in [0.2, 0.25) is 0 Å². The molecule has 2 rings (SSSR count). The summed E-state index contributed by atoms with van der Waals surface area (Å²) in [6.07, 6.45) is 4.98. The van der Waals surface area contributed by atoms with Crippen LogP contribution in [-0.4, -0.2) is 6.04 Å². The first-order valence-corrected chi connectivity index (χ1v) is 5.98. The number of hydrogen-bond donors (Lipinski definition) is 2. The summed E-state index contributed by atoms with van der Waals surface area (Å²) >= 11 is 0. The van der Waals surface area contributed by atoms with Crippen LogP contribution < -0.4 is 11.1 Å². The molecule has 3 heteroatoms. The number of rotatable bonds is 2. The van der Waals surface area contributed by atoms with Crippen LogP contribution in [0.2, 0.25) is 0 Å². The Kier molecular flexibility index (Phi) is 3.32. The molecule has 0 radical (unpaired) electrons. The predicted molar refractivity (Wildman–Crippen MR) is 65.9 cm³/mol. The highest BCUT2D eigenvalue weighted by atomic mass is 19.1. The molecule has 16 heavy (non-hydrogen) atoms. The van der Waals surface area contributed by atoms with Gasteiger partial charge in [-0.25, -0.2) is 4.39 Å². The van der Waals surface area contributed by atoms with E-state index in [0.29, 0.717) is 17.6 Å². The normalized spacial score (nSPS) is 25.4. The summed E-state index contributed by atoms with van der Waals surface area (Å²) in [5.41, 5.74) is 6.90. The van der Waals surface area contributed by atoms with Crippen LogP contribution >= 0.6 is 0 Å². The lowest BCUT2D eigenvalue weighted by atomic mass is 9.86. The third-order valence-corrected chi connectivity index (χ3v) is 3.38. The molecule has 0 spiro atoms. The van der Waals surface area contributed by atoms with Crippen LogP contribution in [0.15, 0.2) is 18.2 Å². The van der Waals surface area contributed by atoms with Gasteiger partial charge in [-0.1, -0.05) is 19.8 Å². The molecule has 0 aliphatic heterocycles. The van der Waals surface area contributed by atoms with Gasteiger partial charge < -0.3 is 11.1 Å². The first-order chi connectivity index (χ1) is 7.65. The fourth-order valence-corrected chi connectivity index (χ4v) is 2.44. The fourth-order valence-electron chi connectivity index (χ4n) is 2.44. The topological polar surface area (TPSA) is 38.0 Å². The quantitative estimate of drug-likeness (QED) is 0.753. The van der Waals surface area contributed by atoms with Gasteiger partial charge in [-0.15, -0.1) is 0 Å². The Labute approximate surface area is 96.0 Å². The van der Waals surface area contributed by atoms with E-state index in [9.17, 15) is 4.39 Å². The Morgan fingerprint density at radius 2 is 2.00 bits per heavy atom. The van der Waals surface area contributed by atoms with Gasteiger partial charge in [0.15, 0.2) is 0 Å². The summed E-state index contributed by atoms with van der Waals surface area (Å²) in [4.78, 5) is 0. The Bertz CT molecular complexity index is 345. The van der Waals surface area contributed by atoms with Crippen molar-refractivity contribution >= 4 is 11.4 Å². The molecule has 0 aromatic heterocycles. The van der Waals surface area contributed by atoms with Gasteiger partial charge in [-0.05, 0) is 37.0 Å². The Morgan fingerprint density at radius 1 is 1.25 bits per heavy atom. The van der Waals surface area contributed by atoms with Crippen LogP contribution in [0.3, 0.4) is 0 Å². The molecule has 1 saturated carbocycles. The van der Waals surface area contributed by atoms with Gasteiger partial charge >= 0.3 is 0 Å². The summed E-state index contributed by atoms with van der Waals surface area (Å²) in [7, 11) is 0. The zero-order chi connectivity index (χ0) is 11.5. The molecule has 1 aromatic rings. The standard InChI is InChI=1S/C13H19FN2/c1-9-4-2-3-5-13(9)16-12-7-10(14)6-11(15)8-12/h6-9,13,16H,2-5,15H2,1H3. The summed E-state index contributed by atoms with van der Waals surface area (Å²) in [5.74, 6) is 0.379. The van der Waals surface area contributed by atoms with E-state index in [1.807, 2.05) is 0 Å². The number of halogens is 1. The maximum atomic E-state index is 13.2. The zero-order valence-corrected chi connectivity index (χ0v) is 9.67. The molecule has 0 heterocycles. The van der Waals surface area contributed by atoms with Crippen LogP contribution in [-0.2, 0) is 0 Å². The van der Waals surface area contributed by atoms with E-state index in [1.165, 1.54) is 31.4 Å².